The second-order valence-electron chi connectivity index (χ2n) is 7.06. The van der Waals surface area contributed by atoms with Gasteiger partial charge in [-0.2, -0.15) is 0 Å². The van der Waals surface area contributed by atoms with E-state index in [1.165, 1.54) is 0 Å². The highest BCUT2D eigenvalue weighted by molar-refractivity contribution is 6.30. The van der Waals surface area contributed by atoms with Crippen molar-refractivity contribution in [2.45, 2.75) is 32.5 Å². The third-order valence-corrected chi connectivity index (χ3v) is 5.40. The summed E-state index contributed by atoms with van der Waals surface area (Å²) in [4.78, 5) is 15.2. The van der Waals surface area contributed by atoms with Crippen molar-refractivity contribution in [1.29, 1.82) is 0 Å². The van der Waals surface area contributed by atoms with Crippen molar-refractivity contribution < 1.29 is 14.3 Å². The maximum Gasteiger partial charge on any atom is 0.255 e. The van der Waals surface area contributed by atoms with E-state index in [2.05, 4.69) is 17.1 Å². The van der Waals surface area contributed by atoms with Crippen LogP contribution in [0.1, 0.15) is 29.8 Å². The van der Waals surface area contributed by atoms with Crippen LogP contribution < -0.4 is 10.1 Å². The van der Waals surface area contributed by atoms with Gasteiger partial charge in [-0.05, 0) is 43.7 Å². The minimum Gasteiger partial charge on any atom is -0.488 e. The number of rotatable bonds is 7. The van der Waals surface area contributed by atoms with Gasteiger partial charge in [0.1, 0.15) is 12.4 Å². The molecule has 0 bridgehead atoms. The van der Waals surface area contributed by atoms with E-state index < -0.39 is 0 Å². The molecule has 1 aliphatic heterocycles. The first-order valence-electron chi connectivity index (χ1n) is 9.63. The van der Waals surface area contributed by atoms with Crippen molar-refractivity contribution in [2.24, 2.45) is 0 Å². The highest BCUT2D eigenvalue weighted by Crippen LogP contribution is 2.20. The Morgan fingerprint density at radius 1 is 1.14 bits per heavy atom. The molecule has 2 aromatic rings. The number of carbonyl (C=O) groups is 1. The molecule has 1 N–H and O–H groups in total. The lowest BCUT2D eigenvalue weighted by atomic mass is 10.1. The Morgan fingerprint density at radius 2 is 1.82 bits per heavy atom. The smallest absolute Gasteiger partial charge is 0.255 e. The fraction of sp³-hybridized carbons (Fsp3) is 0.409. The SMILES string of the molecule is CC(NC(=O)c1ccccc1OCc1ccc(Cl)cc1)C(C)N1CCOCC1. The van der Waals surface area contributed by atoms with Crippen molar-refractivity contribution in [3.63, 3.8) is 0 Å². The topological polar surface area (TPSA) is 50.8 Å². The normalized spacial score (nSPS) is 17.0. The van der Waals surface area contributed by atoms with Crippen molar-refractivity contribution in [1.82, 2.24) is 10.2 Å². The molecule has 0 radical (unpaired) electrons. The van der Waals surface area contributed by atoms with E-state index in [1.807, 2.05) is 49.4 Å². The summed E-state index contributed by atoms with van der Waals surface area (Å²) in [7, 11) is 0. The summed E-state index contributed by atoms with van der Waals surface area (Å²) in [5.41, 5.74) is 1.53. The lowest BCUT2D eigenvalue weighted by Crippen LogP contribution is -2.52. The number of nitrogens with one attached hydrogen (secondary N) is 1. The Kier molecular flexibility index (Phi) is 7.31. The van der Waals surface area contributed by atoms with Crippen molar-refractivity contribution in [3.8, 4) is 5.75 Å². The molecule has 3 rings (SSSR count). The van der Waals surface area contributed by atoms with Crippen molar-refractivity contribution in [2.75, 3.05) is 26.3 Å². The Balaban J connectivity index is 1.62. The van der Waals surface area contributed by atoms with Gasteiger partial charge in [-0.15, -0.1) is 0 Å². The molecule has 2 unspecified atom stereocenters. The van der Waals surface area contributed by atoms with Crippen LogP contribution in [0.5, 0.6) is 5.75 Å². The van der Waals surface area contributed by atoms with Crippen LogP contribution in [0.2, 0.25) is 5.02 Å². The number of carbonyl (C=O) groups excluding carboxylic acids is 1. The molecule has 150 valence electrons. The van der Waals surface area contributed by atoms with Gasteiger partial charge in [0.15, 0.2) is 0 Å². The first-order valence-corrected chi connectivity index (χ1v) is 10.0. The molecule has 0 aliphatic carbocycles. The predicted octanol–water partition coefficient (Wildman–Crippen LogP) is 3.76. The predicted molar refractivity (Wildman–Crippen MR) is 111 cm³/mol. The summed E-state index contributed by atoms with van der Waals surface area (Å²) in [6.45, 7) is 7.82. The van der Waals surface area contributed by atoms with Gasteiger partial charge in [-0.1, -0.05) is 35.9 Å². The molecule has 5 nitrogen and oxygen atoms in total. The Morgan fingerprint density at radius 3 is 2.54 bits per heavy atom. The van der Waals surface area contributed by atoms with E-state index in [4.69, 9.17) is 21.1 Å². The number of halogens is 1. The molecule has 0 aromatic heterocycles. The van der Waals surface area contributed by atoms with Gasteiger partial charge in [0.25, 0.3) is 5.91 Å². The third-order valence-electron chi connectivity index (χ3n) is 5.14. The zero-order valence-electron chi connectivity index (χ0n) is 16.4. The van der Waals surface area contributed by atoms with E-state index in [1.54, 1.807) is 6.07 Å². The number of nitrogens with zero attached hydrogens (tertiary/aromatic N) is 1. The molecule has 1 heterocycles. The average Bonchev–Trinajstić information content (AvgIpc) is 2.73. The van der Waals surface area contributed by atoms with Crippen molar-refractivity contribution in [3.05, 3.63) is 64.7 Å². The zero-order valence-corrected chi connectivity index (χ0v) is 17.1. The number of hydrogen-bond acceptors (Lipinski definition) is 4. The lowest BCUT2D eigenvalue weighted by Gasteiger charge is -2.35. The maximum absolute atomic E-state index is 12.9. The number of amides is 1. The summed E-state index contributed by atoms with van der Waals surface area (Å²) in [6.07, 6.45) is 0. The van der Waals surface area contributed by atoms with Gasteiger partial charge < -0.3 is 14.8 Å². The van der Waals surface area contributed by atoms with E-state index in [-0.39, 0.29) is 18.0 Å². The summed E-state index contributed by atoms with van der Waals surface area (Å²) < 4.78 is 11.3. The largest absolute Gasteiger partial charge is 0.488 e. The molecule has 1 saturated heterocycles. The first kappa shape index (κ1) is 20.6. The van der Waals surface area contributed by atoms with Gasteiger partial charge in [0, 0.05) is 30.2 Å². The molecule has 2 aromatic carbocycles. The molecule has 6 heteroatoms. The van der Waals surface area contributed by atoms with E-state index >= 15 is 0 Å². The fourth-order valence-corrected chi connectivity index (χ4v) is 3.35. The quantitative estimate of drug-likeness (QED) is 0.766. The zero-order chi connectivity index (χ0) is 19.9. The monoisotopic (exact) mass is 402 g/mol. The van der Waals surface area contributed by atoms with Crippen LogP contribution in [-0.4, -0.2) is 49.2 Å². The number of benzene rings is 2. The summed E-state index contributed by atoms with van der Waals surface area (Å²) in [6, 6.07) is 15.0. The molecular weight excluding hydrogens is 376 g/mol. The molecule has 0 spiro atoms. The maximum atomic E-state index is 12.9. The number of ether oxygens (including phenoxy) is 2. The average molecular weight is 403 g/mol. The summed E-state index contributed by atoms with van der Waals surface area (Å²) >= 11 is 5.92. The van der Waals surface area contributed by atoms with Gasteiger partial charge in [-0.3, -0.25) is 9.69 Å². The Hall–Kier alpha value is -2.08. The molecule has 1 amide bonds. The van der Waals surface area contributed by atoms with Crippen LogP contribution in [0.25, 0.3) is 0 Å². The molecule has 2 atom stereocenters. The van der Waals surface area contributed by atoms with E-state index in [0.717, 1.165) is 31.9 Å². The molecule has 1 aliphatic rings. The summed E-state index contributed by atoms with van der Waals surface area (Å²) in [5, 5.41) is 3.81. The van der Waals surface area contributed by atoms with Crippen LogP contribution >= 0.6 is 11.6 Å². The minimum absolute atomic E-state index is 0.00919. The first-order chi connectivity index (χ1) is 13.5. The lowest BCUT2D eigenvalue weighted by molar-refractivity contribution is 0.0137. The molecule has 1 fully saturated rings. The highest BCUT2D eigenvalue weighted by Gasteiger charge is 2.24. The van der Waals surface area contributed by atoms with E-state index in [9.17, 15) is 4.79 Å². The number of hydrogen-bond donors (Lipinski definition) is 1. The number of morpholine rings is 1. The highest BCUT2D eigenvalue weighted by atomic mass is 35.5. The van der Waals surface area contributed by atoms with Gasteiger partial charge in [0.2, 0.25) is 0 Å². The van der Waals surface area contributed by atoms with Crippen LogP contribution in [0.4, 0.5) is 0 Å². The van der Waals surface area contributed by atoms with Gasteiger partial charge >= 0.3 is 0 Å². The van der Waals surface area contributed by atoms with E-state index in [0.29, 0.717) is 22.9 Å². The molecule has 28 heavy (non-hydrogen) atoms. The molecule has 0 saturated carbocycles. The second kappa shape index (κ2) is 9.92. The second-order valence-corrected chi connectivity index (χ2v) is 7.50. The van der Waals surface area contributed by atoms with Crippen LogP contribution in [-0.2, 0) is 11.3 Å². The van der Waals surface area contributed by atoms with Gasteiger partial charge in [0.05, 0.1) is 18.8 Å². The van der Waals surface area contributed by atoms with Crippen molar-refractivity contribution >= 4 is 17.5 Å². The minimum atomic E-state index is -0.126. The number of para-hydroxylation sites is 1. The van der Waals surface area contributed by atoms with Crippen LogP contribution in [0.15, 0.2) is 48.5 Å². The fourth-order valence-electron chi connectivity index (χ4n) is 3.23. The van der Waals surface area contributed by atoms with Gasteiger partial charge in [-0.25, -0.2) is 0 Å². The van der Waals surface area contributed by atoms with Crippen LogP contribution in [0.3, 0.4) is 0 Å². The van der Waals surface area contributed by atoms with Crippen LogP contribution in [0, 0.1) is 0 Å². The molecular formula is C22H27ClN2O3. The Bertz CT molecular complexity index is 776. The summed E-state index contributed by atoms with van der Waals surface area (Å²) in [5.74, 6) is 0.445. The standard InChI is InChI=1S/C22H27ClN2O3/c1-16(17(2)25-11-13-27-14-12-25)24-22(26)20-5-3-4-6-21(20)28-15-18-7-9-19(23)10-8-18/h3-10,16-17H,11-15H2,1-2H3,(H,24,26). The Labute approximate surface area is 171 Å². The third kappa shape index (κ3) is 5.47.